The Hall–Kier alpha value is -3.22. The third-order valence-corrected chi connectivity index (χ3v) is 6.21. The molecule has 1 aliphatic heterocycles. The second-order valence-electron chi connectivity index (χ2n) is 8.39. The summed E-state index contributed by atoms with van der Waals surface area (Å²) < 4.78 is 13.1. The van der Waals surface area contributed by atoms with Gasteiger partial charge in [0.15, 0.2) is 0 Å². The lowest BCUT2D eigenvalue weighted by atomic mass is 9.98. The summed E-state index contributed by atoms with van der Waals surface area (Å²) in [5.74, 6) is -2.31. The maximum Gasteiger partial charge on any atom is 0.227 e. The summed E-state index contributed by atoms with van der Waals surface area (Å²) in [6.45, 7) is 0.401. The molecule has 7 heteroatoms. The van der Waals surface area contributed by atoms with E-state index in [0.717, 1.165) is 30.5 Å². The molecule has 2 aromatic rings. The average Bonchev–Trinajstić information content (AvgIpc) is 3.37. The Bertz CT molecular complexity index is 1010. The summed E-state index contributed by atoms with van der Waals surface area (Å²) in [7, 11) is 0. The largest absolute Gasteiger partial charge is 0.369 e. The lowest BCUT2D eigenvalue weighted by Gasteiger charge is -2.19. The van der Waals surface area contributed by atoms with Crippen LogP contribution in [0.3, 0.4) is 0 Å². The summed E-state index contributed by atoms with van der Waals surface area (Å²) in [4.78, 5) is 38.7. The summed E-state index contributed by atoms with van der Waals surface area (Å²) in [5.41, 5.74) is 9.71. The number of amides is 3. The molecule has 0 bridgehead atoms. The second-order valence-corrected chi connectivity index (χ2v) is 8.39. The van der Waals surface area contributed by atoms with Gasteiger partial charge in [-0.3, -0.25) is 14.4 Å². The van der Waals surface area contributed by atoms with Gasteiger partial charge < -0.3 is 16.0 Å². The van der Waals surface area contributed by atoms with Crippen molar-refractivity contribution < 1.29 is 18.8 Å². The number of nitrogens with two attached hydrogens (primary N) is 1. The first-order valence-corrected chi connectivity index (χ1v) is 10.6. The van der Waals surface area contributed by atoms with Gasteiger partial charge in [0.1, 0.15) is 5.82 Å². The Morgan fingerprint density at radius 2 is 1.87 bits per heavy atom. The van der Waals surface area contributed by atoms with Crippen LogP contribution >= 0.6 is 0 Å². The molecule has 0 saturated carbocycles. The van der Waals surface area contributed by atoms with Crippen molar-refractivity contribution >= 4 is 23.4 Å². The van der Waals surface area contributed by atoms with Crippen molar-refractivity contribution in [3.63, 3.8) is 0 Å². The minimum atomic E-state index is -0.612. The molecule has 0 radical (unpaired) electrons. The van der Waals surface area contributed by atoms with Gasteiger partial charge in [0.2, 0.25) is 17.7 Å². The summed E-state index contributed by atoms with van der Waals surface area (Å²) in [5, 5.41) is 2.78. The average molecular weight is 423 g/mol. The van der Waals surface area contributed by atoms with Crippen molar-refractivity contribution in [3.8, 4) is 0 Å². The molecule has 31 heavy (non-hydrogen) atoms. The van der Waals surface area contributed by atoms with E-state index >= 15 is 0 Å². The quantitative estimate of drug-likeness (QED) is 0.715. The van der Waals surface area contributed by atoms with Gasteiger partial charge in [-0.15, -0.1) is 0 Å². The summed E-state index contributed by atoms with van der Waals surface area (Å²) in [6.07, 6.45) is 3.69. The first-order valence-electron chi connectivity index (χ1n) is 10.6. The molecule has 2 aromatic carbocycles. The molecule has 2 atom stereocenters. The van der Waals surface area contributed by atoms with Gasteiger partial charge in [-0.2, -0.15) is 0 Å². The van der Waals surface area contributed by atoms with Crippen LogP contribution in [-0.4, -0.2) is 30.8 Å². The van der Waals surface area contributed by atoms with Gasteiger partial charge in [0.25, 0.3) is 0 Å². The number of nitrogens with one attached hydrogen (secondary N) is 1. The Morgan fingerprint density at radius 1 is 1.13 bits per heavy atom. The minimum Gasteiger partial charge on any atom is -0.369 e. The van der Waals surface area contributed by atoms with Crippen LogP contribution in [0.25, 0.3) is 0 Å². The number of carbonyl (C=O) groups is 3. The number of benzene rings is 2. The predicted molar refractivity (Wildman–Crippen MR) is 115 cm³/mol. The molecule has 1 fully saturated rings. The molecule has 3 amide bonds. The highest BCUT2D eigenvalue weighted by atomic mass is 19.1. The SMILES string of the molecule is NC(=O)C(CNC(=O)C1CC(=O)N(c2ccc3c(c2)CCC3)C1)Cc1ccc(F)cc1. The first kappa shape index (κ1) is 21.0. The van der Waals surface area contributed by atoms with Gasteiger partial charge in [-0.1, -0.05) is 18.2 Å². The number of hydrogen-bond acceptors (Lipinski definition) is 3. The van der Waals surface area contributed by atoms with Crippen LogP contribution in [-0.2, 0) is 33.6 Å². The molecule has 0 aromatic heterocycles. The summed E-state index contributed by atoms with van der Waals surface area (Å²) >= 11 is 0. The number of hydrogen-bond donors (Lipinski definition) is 2. The number of rotatable bonds is 7. The van der Waals surface area contributed by atoms with E-state index in [1.807, 2.05) is 6.07 Å². The topological polar surface area (TPSA) is 92.5 Å². The van der Waals surface area contributed by atoms with Crippen LogP contribution in [0.15, 0.2) is 42.5 Å². The molecule has 6 nitrogen and oxygen atoms in total. The molecule has 1 heterocycles. The molecule has 3 N–H and O–H groups in total. The van der Waals surface area contributed by atoms with E-state index in [0.29, 0.717) is 13.0 Å². The van der Waals surface area contributed by atoms with Crippen molar-refractivity contribution in [2.75, 3.05) is 18.0 Å². The number of carbonyl (C=O) groups excluding carboxylic acids is 3. The van der Waals surface area contributed by atoms with E-state index in [9.17, 15) is 18.8 Å². The lowest BCUT2D eigenvalue weighted by molar-refractivity contribution is -0.127. The fourth-order valence-corrected chi connectivity index (χ4v) is 4.41. The van der Waals surface area contributed by atoms with Crippen LogP contribution in [0.4, 0.5) is 10.1 Å². The highest BCUT2D eigenvalue weighted by Crippen LogP contribution is 2.30. The molecular formula is C24H26FN3O3. The Balaban J connectivity index is 1.35. The van der Waals surface area contributed by atoms with Crippen LogP contribution in [0, 0.1) is 17.7 Å². The minimum absolute atomic E-state index is 0.0733. The van der Waals surface area contributed by atoms with E-state index in [-0.39, 0.29) is 30.6 Å². The molecule has 0 spiro atoms. The monoisotopic (exact) mass is 423 g/mol. The van der Waals surface area contributed by atoms with Gasteiger partial charge in [0, 0.05) is 25.2 Å². The van der Waals surface area contributed by atoms with E-state index < -0.39 is 17.7 Å². The van der Waals surface area contributed by atoms with Crippen molar-refractivity contribution in [3.05, 3.63) is 65.0 Å². The van der Waals surface area contributed by atoms with E-state index in [2.05, 4.69) is 17.4 Å². The van der Waals surface area contributed by atoms with E-state index in [1.165, 1.54) is 23.3 Å². The Morgan fingerprint density at radius 3 is 2.61 bits per heavy atom. The maximum atomic E-state index is 13.1. The zero-order valence-corrected chi connectivity index (χ0v) is 17.3. The lowest BCUT2D eigenvalue weighted by Crippen LogP contribution is -2.40. The predicted octanol–water partition coefficient (Wildman–Crippen LogP) is 2.13. The number of aryl methyl sites for hydroxylation is 2. The van der Waals surface area contributed by atoms with Crippen molar-refractivity contribution in [2.45, 2.75) is 32.1 Å². The molecule has 2 unspecified atom stereocenters. The molecular weight excluding hydrogens is 397 g/mol. The summed E-state index contributed by atoms with van der Waals surface area (Å²) in [6, 6.07) is 11.9. The second kappa shape index (κ2) is 8.88. The van der Waals surface area contributed by atoms with Gasteiger partial charge in [-0.05, 0) is 66.6 Å². The normalized spacial score (nSPS) is 18.7. The highest BCUT2D eigenvalue weighted by Gasteiger charge is 2.35. The number of primary amides is 1. The molecule has 2 aliphatic rings. The highest BCUT2D eigenvalue weighted by molar-refractivity contribution is 6.00. The van der Waals surface area contributed by atoms with E-state index in [1.54, 1.807) is 17.0 Å². The smallest absolute Gasteiger partial charge is 0.227 e. The van der Waals surface area contributed by atoms with Crippen LogP contribution < -0.4 is 16.0 Å². The zero-order valence-electron chi connectivity index (χ0n) is 17.3. The first-order chi connectivity index (χ1) is 14.9. The fourth-order valence-electron chi connectivity index (χ4n) is 4.41. The molecule has 1 aliphatic carbocycles. The van der Waals surface area contributed by atoms with Crippen LogP contribution in [0.1, 0.15) is 29.5 Å². The number of halogens is 1. The number of anilines is 1. The van der Waals surface area contributed by atoms with Crippen molar-refractivity contribution in [1.82, 2.24) is 5.32 Å². The standard InChI is InChI=1S/C24H26FN3O3/c25-20-7-4-15(5-8-20)10-18(23(26)30)13-27-24(31)19-12-22(29)28(14-19)21-9-6-16-2-1-3-17(16)11-21/h4-9,11,18-19H,1-3,10,12-14H2,(H2,26,30)(H,27,31). The Labute approximate surface area is 180 Å². The number of nitrogens with zero attached hydrogens (tertiary/aromatic N) is 1. The van der Waals surface area contributed by atoms with Gasteiger partial charge in [0.05, 0.1) is 11.8 Å². The molecule has 162 valence electrons. The number of fused-ring (bicyclic) bond motifs is 1. The third kappa shape index (κ3) is 4.76. The molecule has 1 saturated heterocycles. The van der Waals surface area contributed by atoms with Gasteiger partial charge in [-0.25, -0.2) is 4.39 Å². The van der Waals surface area contributed by atoms with Gasteiger partial charge >= 0.3 is 0 Å². The zero-order chi connectivity index (χ0) is 22.0. The van der Waals surface area contributed by atoms with Crippen molar-refractivity contribution in [2.24, 2.45) is 17.6 Å². The van der Waals surface area contributed by atoms with E-state index in [4.69, 9.17) is 5.73 Å². The Kier molecular flexibility index (Phi) is 6.02. The molecule has 4 rings (SSSR count). The third-order valence-electron chi connectivity index (χ3n) is 6.21. The maximum absolute atomic E-state index is 13.1. The van der Waals surface area contributed by atoms with Crippen LogP contribution in [0.5, 0.6) is 0 Å². The van der Waals surface area contributed by atoms with Crippen molar-refractivity contribution in [1.29, 1.82) is 0 Å². The van der Waals surface area contributed by atoms with Crippen LogP contribution in [0.2, 0.25) is 0 Å². The fraction of sp³-hybridized carbons (Fsp3) is 0.375.